The maximum Gasteiger partial charge on any atom is 0.243 e. The number of unbranched alkanes of at least 4 members (excludes halogenated alkanes) is 1. The number of hydrogen-bond donors (Lipinski definition) is 1. The maximum absolute atomic E-state index is 14.0. The molecule has 0 bridgehead atoms. The van der Waals surface area contributed by atoms with Crippen LogP contribution in [0, 0.1) is 0 Å². The molecule has 1 atom stereocenters. The predicted molar refractivity (Wildman–Crippen MR) is 178 cm³/mol. The van der Waals surface area contributed by atoms with Crippen LogP contribution in [0.5, 0.6) is 11.5 Å². The van der Waals surface area contributed by atoms with Crippen LogP contribution in [0.25, 0.3) is 0 Å². The second-order valence-corrected chi connectivity index (χ2v) is 13.6. The average molecular weight is 677 g/mol. The summed E-state index contributed by atoms with van der Waals surface area (Å²) in [5.74, 6) is 0.473. The first kappa shape index (κ1) is 34.4. The highest BCUT2D eigenvalue weighted by Gasteiger charge is 2.31. The molecule has 9 nitrogen and oxygen atoms in total. The van der Waals surface area contributed by atoms with Crippen molar-refractivity contribution in [3.8, 4) is 11.5 Å². The molecule has 1 aliphatic heterocycles. The number of carbonyl (C=O) groups excluding carboxylic acids is 2. The number of hydrogen-bond acceptors (Lipinski definition) is 6. The largest absolute Gasteiger partial charge is 0.486 e. The SMILES string of the molecule is CCCCNC(=O)[C@@H](Cc1ccccc1)N(Cc1ccc(Cl)c(Cl)c1)C(=O)CCCN(c1ccc2c(c1)OCCO2)S(C)(=O)=O. The van der Waals surface area contributed by atoms with Crippen LogP contribution in [0.3, 0.4) is 0 Å². The Hall–Kier alpha value is -3.47. The van der Waals surface area contributed by atoms with Gasteiger partial charge in [-0.05, 0) is 48.2 Å². The number of ether oxygens (including phenoxy) is 2. The van der Waals surface area contributed by atoms with E-state index in [2.05, 4.69) is 5.32 Å². The van der Waals surface area contributed by atoms with E-state index in [1.165, 1.54) is 4.31 Å². The molecule has 0 saturated carbocycles. The molecule has 0 fully saturated rings. The van der Waals surface area contributed by atoms with E-state index in [-0.39, 0.29) is 37.7 Å². The van der Waals surface area contributed by atoms with Gasteiger partial charge in [0.05, 0.1) is 22.0 Å². The number of amides is 2. The Bertz CT molecular complexity index is 1570. The van der Waals surface area contributed by atoms with E-state index in [1.54, 1.807) is 41.3 Å². The number of rotatable bonds is 15. The van der Waals surface area contributed by atoms with Crippen LogP contribution >= 0.6 is 23.2 Å². The summed E-state index contributed by atoms with van der Waals surface area (Å²) < 4.78 is 38.1. The van der Waals surface area contributed by atoms with E-state index < -0.39 is 16.1 Å². The van der Waals surface area contributed by atoms with Gasteiger partial charge in [0, 0.05) is 38.5 Å². The Balaban J connectivity index is 1.58. The van der Waals surface area contributed by atoms with Crippen LogP contribution in [-0.4, -0.2) is 63.7 Å². The lowest BCUT2D eigenvalue weighted by atomic mass is 10.0. The topological polar surface area (TPSA) is 105 Å². The molecule has 3 aromatic rings. The van der Waals surface area contributed by atoms with E-state index >= 15 is 0 Å². The van der Waals surface area contributed by atoms with Gasteiger partial charge in [-0.3, -0.25) is 13.9 Å². The summed E-state index contributed by atoms with van der Waals surface area (Å²) in [4.78, 5) is 29.2. The van der Waals surface area contributed by atoms with Gasteiger partial charge >= 0.3 is 0 Å². The van der Waals surface area contributed by atoms with Crippen molar-refractivity contribution in [3.63, 3.8) is 0 Å². The molecule has 45 heavy (non-hydrogen) atoms. The molecule has 1 heterocycles. The average Bonchev–Trinajstić information content (AvgIpc) is 3.02. The van der Waals surface area contributed by atoms with Crippen molar-refractivity contribution >= 4 is 50.7 Å². The molecule has 1 aliphatic rings. The van der Waals surface area contributed by atoms with E-state index in [9.17, 15) is 18.0 Å². The second-order valence-electron chi connectivity index (χ2n) is 10.9. The summed E-state index contributed by atoms with van der Waals surface area (Å²) in [5, 5.41) is 3.73. The number of nitrogens with one attached hydrogen (secondary N) is 1. The molecule has 1 N–H and O–H groups in total. The third kappa shape index (κ3) is 9.76. The smallest absolute Gasteiger partial charge is 0.243 e. The highest BCUT2D eigenvalue weighted by atomic mass is 35.5. The monoisotopic (exact) mass is 675 g/mol. The number of benzene rings is 3. The fraction of sp³-hybridized carbons (Fsp3) is 0.394. The highest BCUT2D eigenvalue weighted by Crippen LogP contribution is 2.35. The van der Waals surface area contributed by atoms with E-state index in [1.807, 2.05) is 37.3 Å². The predicted octanol–water partition coefficient (Wildman–Crippen LogP) is 5.87. The lowest BCUT2D eigenvalue weighted by molar-refractivity contribution is -0.141. The molecular weight excluding hydrogens is 637 g/mol. The summed E-state index contributed by atoms with van der Waals surface area (Å²) in [6, 6.07) is 18.8. The van der Waals surface area contributed by atoms with Crippen molar-refractivity contribution in [1.82, 2.24) is 10.2 Å². The van der Waals surface area contributed by atoms with Crippen molar-refractivity contribution in [2.24, 2.45) is 0 Å². The third-order valence-corrected chi connectivity index (χ3v) is 9.34. The number of carbonyl (C=O) groups is 2. The first-order chi connectivity index (χ1) is 21.6. The minimum atomic E-state index is -3.68. The molecule has 0 aliphatic carbocycles. The molecule has 242 valence electrons. The molecule has 4 rings (SSSR count). The minimum Gasteiger partial charge on any atom is -0.486 e. The van der Waals surface area contributed by atoms with Gasteiger partial charge in [-0.25, -0.2) is 8.42 Å². The van der Waals surface area contributed by atoms with Crippen molar-refractivity contribution in [3.05, 3.63) is 87.9 Å². The van der Waals surface area contributed by atoms with Gasteiger partial charge in [-0.1, -0.05) is 72.9 Å². The quantitative estimate of drug-likeness (QED) is 0.202. The number of sulfonamides is 1. The first-order valence-electron chi connectivity index (χ1n) is 15.0. The molecule has 3 aromatic carbocycles. The summed E-state index contributed by atoms with van der Waals surface area (Å²) >= 11 is 12.5. The van der Waals surface area contributed by atoms with Crippen LogP contribution in [0.2, 0.25) is 10.0 Å². The summed E-state index contributed by atoms with van der Waals surface area (Å²) in [7, 11) is -3.68. The van der Waals surface area contributed by atoms with Gasteiger partial charge in [0.2, 0.25) is 21.8 Å². The lowest BCUT2D eigenvalue weighted by Crippen LogP contribution is -2.50. The summed E-state index contributed by atoms with van der Waals surface area (Å²) in [6.45, 7) is 3.50. The Morgan fingerprint density at radius 2 is 1.64 bits per heavy atom. The van der Waals surface area contributed by atoms with Gasteiger partial charge < -0.3 is 19.7 Å². The normalized spacial score (nSPS) is 13.2. The molecule has 12 heteroatoms. The fourth-order valence-corrected chi connectivity index (χ4v) is 6.36. The van der Waals surface area contributed by atoms with E-state index in [0.717, 1.165) is 24.7 Å². The molecule has 0 radical (unpaired) electrons. The fourth-order valence-electron chi connectivity index (χ4n) is 5.09. The van der Waals surface area contributed by atoms with E-state index in [4.69, 9.17) is 32.7 Å². The number of nitrogens with zero attached hydrogens (tertiary/aromatic N) is 2. The van der Waals surface area contributed by atoms with E-state index in [0.29, 0.717) is 59.0 Å². The van der Waals surface area contributed by atoms with Gasteiger partial charge in [-0.2, -0.15) is 0 Å². The standard InChI is InChI=1S/C33H39Cl2N3O6S/c1-3-4-16-36-33(40)29(21-24-9-6-5-7-10-24)37(23-25-12-14-27(34)28(35)20-25)32(39)11-8-17-38(45(2,41)42)26-13-15-30-31(22-26)44-19-18-43-30/h5-7,9-10,12-15,20,22,29H,3-4,8,11,16-19,21,23H2,1-2H3,(H,36,40)/t29-/m1/s1. The third-order valence-electron chi connectivity index (χ3n) is 7.40. The van der Waals surface area contributed by atoms with Crippen LogP contribution < -0.4 is 19.1 Å². The molecular formula is C33H39Cl2N3O6S. The molecule has 2 amide bonds. The summed E-state index contributed by atoms with van der Waals surface area (Å²) in [5.41, 5.74) is 2.03. The van der Waals surface area contributed by atoms with Crippen LogP contribution in [0.15, 0.2) is 66.7 Å². The molecule has 0 saturated heterocycles. The zero-order valence-electron chi connectivity index (χ0n) is 25.5. The van der Waals surface area contributed by atoms with Crippen molar-refractivity contribution < 1.29 is 27.5 Å². The Morgan fingerprint density at radius 1 is 0.911 bits per heavy atom. The lowest BCUT2D eigenvalue weighted by Gasteiger charge is -2.32. The molecule has 0 aromatic heterocycles. The number of anilines is 1. The van der Waals surface area contributed by atoms with Crippen molar-refractivity contribution in [2.45, 2.75) is 51.6 Å². The Kier molecular flexibility index (Phi) is 12.4. The van der Waals surface area contributed by atoms with Gasteiger partial charge in [0.15, 0.2) is 11.5 Å². The molecule has 0 spiro atoms. The summed E-state index contributed by atoms with van der Waals surface area (Å²) in [6.07, 6.45) is 3.37. The van der Waals surface area contributed by atoms with Crippen LogP contribution in [0.4, 0.5) is 5.69 Å². The van der Waals surface area contributed by atoms with Crippen LogP contribution in [0.1, 0.15) is 43.7 Å². The van der Waals surface area contributed by atoms with Crippen molar-refractivity contribution in [1.29, 1.82) is 0 Å². The minimum absolute atomic E-state index is 0.00538. The Morgan fingerprint density at radius 3 is 2.33 bits per heavy atom. The van der Waals surface area contributed by atoms with Gasteiger partial charge in [0.1, 0.15) is 19.3 Å². The number of fused-ring (bicyclic) bond motifs is 1. The van der Waals surface area contributed by atoms with Gasteiger partial charge in [-0.15, -0.1) is 0 Å². The zero-order chi connectivity index (χ0) is 32.4. The zero-order valence-corrected chi connectivity index (χ0v) is 27.8. The van der Waals surface area contributed by atoms with Crippen molar-refractivity contribution in [2.75, 3.05) is 36.9 Å². The second kappa shape index (κ2) is 16.2. The molecule has 0 unspecified atom stereocenters. The van der Waals surface area contributed by atoms with Crippen LogP contribution in [-0.2, 0) is 32.6 Å². The number of halogens is 2. The Labute approximate surface area is 275 Å². The van der Waals surface area contributed by atoms with Gasteiger partial charge in [0.25, 0.3) is 0 Å². The highest BCUT2D eigenvalue weighted by molar-refractivity contribution is 7.92. The maximum atomic E-state index is 14.0. The first-order valence-corrected chi connectivity index (χ1v) is 17.6.